The maximum atomic E-state index is 11.4. The largest absolute Gasteiger partial charge is 0.330 e. The number of rotatable bonds is 4. The highest BCUT2D eigenvalue weighted by molar-refractivity contribution is 7.90. The number of hydrogen-bond donors (Lipinski definition) is 1. The molecule has 0 bridgehead atoms. The van der Waals surface area contributed by atoms with E-state index in [1.165, 1.54) is 6.26 Å². The van der Waals surface area contributed by atoms with Crippen LogP contribution >= 0.6 is 0 Å². The Bertz CT molecular complexity index is 489. The summed E-state index contributed by atoms with van der Waals surface area (Å²) in [4.78, 5) is 0.401. The lowest BCUT2D eigenvalue weighted by molar-refractivity contribution is 0.520. The second-order valence-corrected chi connectivity index (χ2v) is 6.82. The minimum Gasteiger partial charge on any atom is -0.330 e. The van der Waals surface area contributed by atoms with Gasteiger partial charge in [0.15, 0.2) is 9.84 Å². The average Bonchev–Trinajstić information content (AvgIpc) is 2.98. The van der Waals surface area contributed by atoms with Crippen LogP contribution in [0.5, 0.6) is 0 Å². The Labute approximate surface area is 96.6 Å². The molecule has 3 nitrogen and oxygen atoms in total. The van der Waals surface area contributed by atoms with E-state index in [4.69, 9.17) is 5.73 Å². The van der Waals surface area contributed by atoms with E-state index in [0.717, 1.165) is 24.8 Å². The minimum absolute atomic E-state index is 0.246. The number of benzene rings is 1. The van der Waals surface area contributed by atoms with Crippen molar-refractivity contribution in [3.63, 3.8) is 0 Å². The van der Waals surface area contributed by atoms with Gasteiger partial charge >= 0.3 is 0 Å². The van der Waals surface area contributed by atoms with Crippen LogP contribution in [0.1, 0.15) is 18.4 Å². The van der Waals surface area contributed by atoms with Crippen molar-refractivity contribution in [3.05, 3.63) is 29.8 Å². The second kappa shape index (κ2) is 3.86. The van der Waals surface area contributed by atoms with Crippen LogP contribution in [0.15, 0.2) is 29.2 Å². The average molecular weight is 239 g/mol. The van der Waals surface area contributed by atoms with Gasteiger partial charge in [-0.3, -0.25) is 0 Å². The molecule has 0 saturated heterocycles. The summed E-state index contributed by atoms with van der Waals surface area (Å²) in [6, 6.07) is 7.19. The monoisotopic (exact) mass is 239 g/mol. The fourth-order valence-corrected chi connectivity index (χ4v) is 2.64. The highest BCUT2D eigenvalue weighted by Gasteiger charge is 2.40. The van der Waals surface area contributed by atoms with Gasteiger partial charge in [0.1, 0.15) is 0 Å². The lowest BCUT2D eigenvalue weighted by atomic mass is 9.97. The van der Waals surface area contributed by atoms with E-state index in [1.54, 1.807) is 18.2 Å². The van der Waals surface area contributed by atoms with Crippen LogP contribution in [-0.4, -0.2) is 21.2 Å². The molecule has 1 aromatic carbocycles. The normalized spacial score (nSPS) is 18.4. The fourth-order valence-electron chi connectivity index (χ4n) is 1.95. The third kappa shape index (κ3) is 2.44. The zero-order valence-corrected chi connectivity index (χ0v) is 10.3. The van der Waals surface area contributed by atoms with Gasteiger partial charge in [-0.05, 0) is 48.9 Å². The molecule has 4 heteroatoms. The summed E-state index contributed by atoms with van der Waals surface area (Å²) in [6.07, 6.45) is 4.45. The van der Waals surface area contributed by atoms with Crippen LogP contribution in [-0.2, 0) is 16.3 Å². The second-order valence-electron chi connectivity index (χ2n) is 4.80. The van der Waals surface area contributed by atoms with Crippen LogP contribution in [0.3, 0.4) is 0 Å². The summed E-state index contributed by atoms with van der Waals surface area (Å²) in [5, 5.41) is 0. The van der Waals surface area contributed by atoms with E-state index >= 15 is 0 Å². The van der Waals surface area contributed by atoms with E-state index < -0.39 is 9.84 Å². The SMILES string of the molecule is CS(=O)(=O)c1cccc(CC2(CN)CC2)c1. The predicted octanol–water partition coefficient (Wildman–Crippen LogP) is 1.37. The van der Waals surface area contributed by atoms with E-state index in [-0.39, 0.29) is 5.41 Å². The first-order valence-corrected chi connectivity index (χ1v) is 7.33. The van der Waals surface area contributed by atoms with Crippen LogP contribution in [0, 0.1) is 5.41 Å². The molecule has 0 heterocycles. The van der Waals surface area contributed by atoms with E-state index in [1.807, 2.05) is 6.07 Å². The smallest absolute Gasteiger partial charge is 0.175 e. The van der Waals surface area contributed by atoms with E-state index in [9.17, 15) is 8.42 Å². The molecule has 2 N–H and O–H groups in total. The van der Waals surface area contributed by atoms with E-state index in [2.05, 4.69) is 0 Å². The maximum Gasteiger partial charge on any atom is 0.175 e. The summed E-state index contributed by atoms with van der Waals surface area (Å²) in [5.74, 6) is 0. The number of nitrogens with two attached hydrogens (primary N) is 1. The first kappa shape index (κ1) is 11.6. The quantitative estimate of drug-likeness (QED) is 0.863. The minimum atomic E-state index is -3.10. The molecular formula is C12H17NO2S. The Balaban J connectivity index is 2.23. The van der Waals surface area contributed by atoms with Crippen LogP contribution < -0.4 is 5.73 Å². The Hall–Kier alpha value is -0.870. The standard InChI is InChI=1S/C12H17NO2S/c1-16(14,15)11-4-2-3-10(7-11)8-12(9-13)5-6-12/h2-4,7H,5-6,8-9,13H2,1H3. The van der Waals surface area contributed by atoms with Gasteiger partial charge in [-0.25, -0.2) is 8.42 Å². The molecule has 0 amide bonds. The van der Waals surface area contributed by atoms with Crippen molar-refractivity contribution >= 4 is 9.84 Å². The van der Waals surface area contributed by atoms with Crippen molar-refractivity contribution in [2.75, 3.05) is 12.8 Å². The summed E-state index contributed by atoms with van der Waals surface area (Å²) in [6.45, 7) is 0.691. The van der Waals surface area contributed by atoms with Gasteiger partial charge in [-0.2, -0.15) is 0 Å². The zero-order chi connectivity index (χ0) is 11.8. The zero-order valence-electron chi connectivity index (χ0n) is 9.44. The molecule has 0 unspecified atom stereocenters. The Morgan fingerprint density at radius 2 is 2.06 bits per heavy atom. The molecule has 1 fully saturated rings. The molecule has 0 aliphatic heterocycles. The van der Waals surface area contributed by atoms with Gasteiger partial charge in [0.25, 0.3) is 0 Å². The molecular weight excluding hydrogens is 222 g/mol. The molecule has 0 radical (unpaired) electrons. The highest BCUT2D eigenvalue weighted by Crippen LogP contribution is 2.47. The summed E-state index contributed by atoms with van der Waals surface area (Å²) < 4.78 is 22.8. The van der Waals surface area contributed by atoms with Crippen molar-refractivity contribution in [1.29, 1.82) is 0 Å². The third-order valence-electron chi connectivity index (χ3n) is 3.30. The maximum absolute atomic E-state index is 11.4. The van der Waals surface area contributed by atoms with Gasteiger partial charge in [0.2, 0.25) is 0 Å². The Kier molecular flexibility index (Phi) is 2.80. The summed E-state index contributed by atoms with van der Waals surface area (Å²) in [7, 11) is -3.10. The number of sulfone groups is 1. The Morgan fingerprint density at radius 3 is 2.56 bits per heavy atom. The first-order valence-electron chi connectivity index (χ1n) is 5.44. The third-order valence-corrected chi connectivity index (χ3v) is 4.41. The lowest BCUT2D eigenvalue weighted by Gasteiger charge is -2.12. The van der Waals surface area contributed by atoms with Gasteiger partial charge in [0, 0.05) is 6.26 Å². The van der Waals surface area contributed by atoms with Crippen LogP contribution in [0.4, 0.5) is 0 Å². The molecule has 16 heavy (non-hydrogen) atoms. The molecule has 2 rings (SSSR count). The van der Waals surface area contributed by atoms with Crippen molar-refractivity contribution in [3.8, 4) is 0 Å². The highest BCUT2D eigenvalue weighted by atomic mass is 32.2. The molecule has 1 saturated carbocycles. The van der Waals surface area contributed by atoms with Gasteiger partial charge in [-0.15, -0.1) is 0 Å². The lowest BCUT2D eigenvalue weighted by Crippen LogP contribution is -2.18. The fraction of sp³-hybridized carbons (Fsp3) is 0.500. The van der Waals surface area contributed by atoms with Crippen molar-refractivity contribution in [1.82, 2.24) is 0 Å². The van der Waals surface area contributed by atoms with Crippen molar-refractivity contribution in [2.45, 2.75) is 24.2 Å². The molecule has 1 aliphatic rings. The molecule has 0 spiro atoms. The summed E-state index contributed by atoms with van der Waals surface area (Å²) >= 11 is 0. The van der Waals surface area contributed by atoms with Crippen molar-refractivity contribution in [2.24, 2.45) is 11.1 Å². The predicted molar refractivity (Wildman–Crippen MR) is 64.0 cm³/mol. The summed E-state index contributed by atoms with van der Waals surface area (Å²) in [5.41, 5.74) is 7.04. The molecule has 1 aromatic rings. The van der Waals surface area contributed by atoms with Gasteiger partial charge < -0.3 is 5.73 Å². The van der Waals surface area contributed by atoms with Crippen LogP contribution in [0.2, 0.25) is 0 Å². The van der Waals surface area contributed by atoms with Gasteiger partial charge in [-0.1, -0.05) is 12.1 Å². The number of hydrogen-bond acceptors (Lipinski definition) is 3. The molecule has 1 aliphatic carbocycles. The first-order chi connectivity index (χ1) is 7.45. The molecule has 0 aromatic heterocycles. The van der Waals surface area contributed by atoms with Crippen molar-refractivity contribution < 1.29 is 8.42 Å². The molecule has 88 valence electrons. The Morgan fingerprint density at radius 1 is 1.38 bits per heavy atom. The van der Waals surface area contributed by atoms with Gasteiger partial charge in [0.05, 0.1) is 4.90 Å². The van der Waals surface area contributed by atoms with E-state index in [0.29, 0.717) is 11.4 Å². The topological polar surface area (TPSA) is 60.2 Å². The van der Waals surface area contributed by atoms with Crippen LogP contribution in [0.25, 0.3) is 0 Å². The molecule has 0 atom stereocenters.